The van der Waals surface area contributed by atoms with Crippen molar-refractivity contribution in [3.8, 4) is 0 Å². The van der Waals surface area contributed by atoms with Gasteiger partial charge >= 0.3 is 12.2 Å². The molecule has 0 saturated carbocycles. The lowest BCUT2D eigenvalue weighted by atomic mass is 9.77. The van der Waals surface area contributed by atoms with Crippen molar-refractivity contribution >= 4 is 11.9 Å². The molecule has 118 valence electrons. The van der Waals surface area contributed by atoms with Crippen LogP contribution in [0.25, 0.3) is 0 Å². The third-order valence-corrected chi connectivity index (χ3v) is 4.04. The Kier molecular flexibility index (Phi) is 3.46. The normalized spacial score (nSPS) is 30.2. The number of carbonyl (C=O) groups excluding carboxylic acids is 2. The van der Waals surface area contributed by atoms with Crippen molar-refractivity contribution in [3.05, 3.63) is 0 Å². The van der Waals surface area contributed by atoms with E-state index in [2.05, 4.69) is 10.3 Å². The van der Waals surface area contributed by atoms with Crippen LogP contribution in [0, 0.1) is 5.92 Å². The summed E-state index contributed by atoms with van der Waals surface area (Å²) in [5.41, 5.74) is 8.09. The number of fused-ring (bicyclic) bond motifs is 1. The molecule has 2 rings (SSSR count). The maximum atomic E-state index is 13.1. The van der Waals surface area contributed by atoms with Crippen LogP contribution in [0.5, 0.6) is 0 Å². The summed E-state index contributed by atoms with van der Waals surface area (Å²) in [6.07, 6.45) is -4.68. The molecule has 2 aliphatic rings. The number of alkyl halides is 3. The molecule has 0 radical (unpaired) electrons. The first-order valence-corrected chi connectivity index (χ1v) is 6.21. The molecule has 3 amide bonds. The van der Waals surface area contributed by atoms with Gasteiger partial charge < -0.3 is 16.4 Å². The fourth-order valence-corrected chi connectivity index (χ4v) is 2.70. The van der Waals surface area contributed by atoms with Gasteiger partial charge in [0.2, 0.25) is 5.91 Å². The van der Waals surface area contributed by atoms with Crippen LogP contribution in [-0.4, -0.2) is 59.2 Å². The van der Waals surface area contributed by atoms with E-state index in [9.17, 15) is 22.8 Å². The summed E-state index contributed by atoms with van der Waals surface area (Å²) in [6.45, 7) is 0.971. The van der Waals surface area contributed by atoms with Crippen LogP contribution in [-0.2, 0) is 4.79 Å². The summed E-state index contributed by atoms with van der Waals surface area (Å²) in [7, 11) is 0. The molecule has 21 heavy (non-hydrogen) atoms. The van der Waals surface area contributed by atoms with Gasteiger partial charge in [-0.3, -0.25) is 9.80 Å². The lowest BCUT2D eigenvalue weighted by molar-refractivity contribution is -0.193. The highest BCUT2D eigenvalue weighted by molar-refractivity contribution is 5.87. The fourth-order valence-electron chi connectivity index (χ4n) is 2.70. The summed E-state index contributed by atoms with van der Waals surface area (Å²) < 4.78 is 39.3. The highest BCUT2D eigenvalue weighted by atomic mass is 19.4. The SMILES string of the molecule is C[C@H](C(F)(F)F)C1(C(N)=O)N=NN2CCN(C(N)=O)CC21. The monoisotopic (exact) mass is 308 g/mol. The van der Waals surface area contributed by atoms with Crippen molar-refractivity contribution in [2.45, 2.75) is 24.7 Å². The molecule has 8 nitrogen and oxygen atoms in total. The van der Waals surface area contributed by atoms with Gasteiger partial charge in [-0.25, -0.2) is 4.79 Å². The zero-order chi connectivity index (χ0) is 16.0. The molecule has 1 saturated heterocycles. The maximum absolute atomic E-state index is 13.1. The molecular weight excluding hydrogens is 293 g/mol. The molecule has 0 aliphatic carbocycles. The predicted octanol–water partition coefficient (Wildman–Crippen LogP) is -0.145. The smallest absolute Gasteiger partial charge is 0.367 e. The number of rotatable bonds is 2. The number of carbonyl (C=O) groups is 2. The van der Waals surface area contributed by atoms with Crippen molar-refractivity contribution in [1.29, 1.82) is 0 Å². The Morgan fingerprint density at radius 2 is 1.95 bits per heavy atom. The van der Waals surface area contributed by atoms with E-state index in [4.69, 9.17) is 11.5 Å². The van der Waals surface area contributed by atoms with Gasteiger partial charge in [0.25, 0.3) is 0 Å². The number of halogens is 3. The first-order valence-electron chi connectivity index (χ1n) is 6.21. The van der Waals surface area contributed by atoms with Gasteiger partial charge in [0.15, 0.2) is 5.54 Å². The van der Waals surface area contributed by atoms with Gasteiger partial charge in [0, 0.05) is 13.1 Å². The summed E-state index contributed by atoms with van der Waals surface area (Å²) in [4.78, 5) is 24.1. The second-order valence-electron chi connectivity index (χ2n) is 5.11. The van der Waals surface area contributed by atoms with Gasteiger partial charge in [0.1, 0.15) is 6.04 Å². The lowest BCUT2D eigenvalue weighted by Crippen LogP contribution is -2.67. The molecule has 2 aliphatic heterocycles. The minimum absolute atomic E-state index is 0.136. The van der Waals surface area contributed by atoms with E-state index in [-0.39, 0.29) is 19.6 Å². The number of nitrogens with zero attached hydrogens (tertiary/aromatic N) is 4. The Balaban J connectivity index is 2.40. The van der Waals surface area contributed by atoms with Crippen molar-refractivity contribution in [3.63, 3.8) is 0 Å². The van der Waals surface area contributed by atoms with Crippen LogP contribution in [0.15, 0.2) is 10.3 Å². The molecule has 0 aromatic heterocycles. The molecule has 0 spiro atoms. The maximum Gasteiger partial charge on any atom is 0.394 e. The Labute approximate surface area is 117 Å². The van der Waals surface area contributed by atoms with E-state index in [0.717, 1.165) is 11.8 Å². The highest BCUT2D eigenvalue weighted by Crippen LogP contribution is 2.44. The van der Waals surface area contributed by atoms with E-state index in [1.54, 1.807) is 0 Å². The van der Waals surface area contributed by atoms with E-state index in [0.29, 0.717) is 0 Å². The van der Waals surface area contributed by atoms with Gasteiger partial charge in [-0.1, -0.05) is 12.1 Å². The molecule has 3 atom stereocenters. The summed E-state index contributed by atoms with van der Waals surface area (Å²) >= 11 is 0. The topological polar surface area (TPSA) is 117 Å². The summed E-state index contributed by atoms with van der Waals surface area (Å²) in [5, 5.41) is 8.45. The summed E-state index contributed by atoms with van der Waals surface area (Å²) in [6, 6.07) is -1.85. The van der Waals surface area contributed by atoms with Crippen LogP contribution in [0.4, 0.5) is 18.0 Å². The van der Waals surface area contributed by atoms with Crippen LogP contribution in [0.3, 0.4) is 0 Å². The highest BCUT2D eigenvalue weighted by Gasteiger charge is 2.64. The van der Waals surface area contributed by atoms with Crippen molar-refractivity contribution in [2.24, 2.45) is 27.7 Å². The molecule has 0 aromatic rings. The minimum Gasteiger partial charge on any atom is -0.367 e. The second kappa shape index (κ2) is 4.74. The average Bonchev–Trinajstić information content (AvgIpc) is 2.76. The quantitative estimate of drug-likeness (QED) is 0.738. The molecule has 1 fully saturated rings. The largest absolute Gasteiger partial charge is 0.394 e. The number of urea groups is 1. The Morgan fingerprint density at radius 3 is 2.43 bits per heavy atom. The zero-order valence-corrected chi connectivity index (χ0v) is 11.2. The van der Waals surface area contributed by atoms with Gasteiger partial charge in [-0.05, 0) is 0 Å². The lowest BCUT2D eigenvalue weighted by Gasteiger charge is -2.42. The summed E-state index contributed by atoms with van der Waals surface area (Å²) in [5.74, 6) is -3.36. The molecular formula is C10H15F3N6O2. The van der Waals surface area contributed by atoms with Gasteiger partial charge in [-0.15, -0.1) is 0 Å². The van der Waals surface area contributed by atoms with Gasteiger partial charge in [0.05, 0.1) is 12.5 Å². The van der Waals surface area contributed by atoms with Crippen LogP contribution in [0.1, 0.15) is 6.92 Å². The van der Waals surface area contributed by atoms with E-state index in [1.807, 2.05) is 0 Å². The number of primary amides is 2. The van der Waals surface area contributed by atoms with E-state index >= 15 is 0 Å². The number of piperazine rings is 1. The van der Waals surface area contributed by atoms with E-state index < -0.39 is 35.6 Å². The van der Waals surface area contributed by atoms with Gasteiger partial charge in [-0.2, -0.15) is 18.3 Å². The molecule has 2 unspecified atom stereocenters. The molecule has 0 bridgehead atoms. The second-order valence-corrected chi connectivity index (χ2v) is 5.11. The van der Waals surface area contributed by atoms with Crippen molar-refractivity contribution in [1.82, 2.24) is 9.91 Å². The number of hydrogen-bond acceptors (Lipinski definition) is 5. The Bertz CT molecular complexity index is 496. The third-order valence-electron chi connectivity index (χ3n) is 4.04. The number of amides is 3. The predicted molar refractivity (Wildman–Crippen MR) is 63.7 cm³/mol. The molecule has 4 N–H and O–H groups in total. The van der Waals surface area contributed by atoms with E-state index in [1.165, 1.54) is 5.01 Å². The standard InChI is InChI=1S/C10H15F3N6O2/c1-5(10(11,12)13)9(7(14)20)6-4-18(8(15)21)2-3-19(6)17-16-9/h5-6H,2-4H2,1H3,(H2,14,20)(H2,15,21)/t5-,6?,9?/m0/s1. The number of nitrogens with two attached hydrogens (primary N) is 2. The molecule has 0 aromatic carbocycles. The molecule has 2 heterocycles. The fraction of sp³-hybridized carbons (Fsp3) is 0.800. The average molecular weight is 308 g/mol. The Morgan fingerprint density at radius 1 is 1.33 bits per heavy atom. The first-order chi connectivity index (χ1) is 9.60. The molecule has 11 heteroatoms. The van der Waals surface area contributed by atoms with Crippen LogP contribution >= 0.6 is 0 Å². The third kappa shape index (κ3) is 2.25. The van der Waals surface area contributed by atoms with Crippen LogP contribution < -0.4 is 11.5 Å². The zero-order valence-electron chi connectivity index (χ0n) is 11.2. The first kappa shape index (κ1) is 15.3. The number of hydrogen-bond donors (Lipinski definition) is 2. The van der Waals surface area contributed by atoms with Crippen molar-refractivity contribution < 1.29 is 22.8 Å². The minimum atomic E-state index is -4.68. The van der Waals surface area contributed by atoms with Crippen LogP contribution in [0.2, 0.25) is 0 Å². The Hall–Kier alpha value is -2.07. The van der Waals surface area contributed by atoms with Crippen molar-refractivity contribution in [2.75, 3.05) is 19.6 Å².